The number of carbonyl (C=O) groups is 2. The van der Waals surface area contributed by atoms with Gasteiger partial charge in [-0.05, 0) is 18.6 Å². The van der Waals surface area contributed by atoms with Gasteiger partial charge in [-0.3, -0.25) is 9.59 Å². The van der Waals surface area contributed by atoms with E-state index in [1.807, 2.05) is 0 Å². The monoisotopic (exact) mass is 414 g/mol. The molecular formula is C17H14F4N4O4. The van der Waals surface area contributed by atoms with Crippen molar-refractivity contribution in [1.29, 1.82) is 0 Å². The van der Waals surface area contributed by atoms with E-state index in [4.69, 9.17) is 4.74 Å². The minimum Gasteiger partial charge on any atom is -0.491 e. The Hall–Kier alpha value is -3.18. The lowest BCUT2D eigenvalue weighted by molar-refractivity contribution is -0.159. The third-order valence-electron chi connectivity index (χ3n) is 4.71. The first-order valence-corrected chi connectivity index (χ1v) is 8.67. The maximum atomic E-state index is 14.7. The number of hydrogen-bond donors (Lipinski definition) is 1. The number of halogens is 4. The Morgan fingerprint density at radius 1 is 1.31 bits per heavy atom. The van der Waals surface area contributed by atoms with Gasteiger partial charge in [-0.1, -0.05) is 5.16 Å². The normalized spacial score (nSPS) is 19.4. The molecular weight excluding hydrogens is 400 g/mol. The van der Waals surface area contributed by atoms with Crippen LogP contribution in [0.4, 0.5) is 17.6 Å². The Kier molecular flexibility index (Phi) is 4.63. The number of nitrogens with one attached hydrogen (secondary N) is 1. The molecule has 1 aromatic heterocycles. The Labute approximate surface area is 160 Å². The summed E-state index contributed by atoms with van der Waals surface area (Å²) < 4.78 is 62.3. The summed E-state index contributed by atoms with van der Waals surface area (Å²) in [5, 5.41) is 5.81. The van der Waals surface area contributed by atoms with Crippen molar-refractivity contribution >= 4 is 11.8 Å². The number of rotatable bonds is 2. The molecule has 1 N–H and O–H groups in total. The standard InChI is InChI=1S/C17H14F4N4O4/c18-11-5-8(13-23-16(29-24-13)17(19,20)21)6-12-10(11)7-25(3-4-28-12)15(27)9-1-2-22-14(9)26/h5-6,9H,1-4,7H2,(H,22,26). The molecule has 0 bridgehead atoms. The zero-order chi connectivity index (χ0) is 20.8. The molecule has 2 aliphatic heterocycles. The molecule has 1 fully saturated rings. The topological polar surface area (TPSA) is 97.6 Å². The fraction of sp³-hybridized carbons (Fsp3) is 0.412. The van der Waals surface area contributed by atoms with Crippen LogP contribution < -0.4 is 10.1 Å². The molecule has 12 heteroatoms. The molecule has 1 atom stereocenters. The predicted molar refractivity (Wildman–Crippen MR) is 86.7 cm³/mol. The molecule has 8 nitrogen and oxygen atoms in total. The molecule has 29 heavy (non-hydrogen) atoms. The highest BCUT2D eigenvalue weighted by molar-refractivity contribution is 6.01. The minimum atomic E-state index is -4.82. The molecule has 1 saturated heterocycles. The van der Waals surface area contributed by atoms with E-state index < -0.39 is 35.5 Å². The van der Waals surface area contributed by atoms with Crippen LogP contribution in [0.5, 0.6) is 5.75 Å². The highest BCUT2D eigenvalue weighted by Gasteiger charge is 2.39. The molecule has 1 unspecified atom stereocenters. The number of carbonyl (C=O) groups excluding carboxylic acids is 2. The molecule has 2 amide bonds. The smallest absolute Gasteiger partial charge is 0.471 e. The summed E-state index contributed by atoms with van der Waals surface area (Å²) in [5.74, 6) is -4.34. The fourth-order valence-corrected chi connectivity index (χ4v) is 3.25. The van der Waals surface area contributed by atoms with E-state index in [1.165, 1.54) is 11.0 Å². The summed E-state index contributed by atoms with van der Waals surface area (Å²) in [6.07, 6.45) is -4.46. The van der Waals surface area contributed by atoms with Crippen molar-refractivity contribution in [2.24, 2.45) is 5.92 Å². The van der Waals surface area contributed by atoms with Gasteiger partial charge in [-0.2, -0.15) is 18.2 Å². The number of fused-ring (bicyclic) bond motifs is 1. The number of nitrogens with zero attached hydrogens (tertiary/aromatic N) is 3. The zero-order valence-corrected chi connectivity index (χ0v) is 14.8. The van der Waals surface area contributed by atoms with E-state index in [0.29, 0.717) is 13.0 Å². The molecule has 2 aliphatic rings. The van der Waals surface area contributed by atoms with Crippen molar-refractivity contribution in [2.75, 3.05) is 19.7 Å². The van der Waals surface area contributed by atoms with Gasteiger partial charge in [-0.25, -0.2) is 4.39 Å². The average Bonchev–Trinajstić information content (AvgIpc) is 3.26. The van der Waals surface area contributed by atoms with E-state index >= 15 is 0 Å². The Morgan fingerprint density at radius 2 is 2.10 bits per heavy atom. The summed E-state index contributed by atoms with van der Waals surface area (Å²) in [5.41, 5.74) is -0.00649. The van der Waals surface area contributed by atoms with Crippen LogP contribution in [0.15, 0.2) is 16.7 Å². The second kappa shape index (κ2) is 7.01. The maximum absolute atomic E-state index is 14.7. The number of alkyl halides is 3. The summed E-state index contributed by atoms with van der Waals surface area (Å²) in [6, 6.07) is 2.24. The summed E-state index contributed by atoms with van der Waals surface area (Å²) in [6.45, 7) is 0.422. The lowest BCUT2D eigenvalue weighted by Crippen LogP contribution is -2.40. The van der Waals surface area contributed by atoms with Crippen LogP contribution in [0.25, 0.3) is 11.4 Å². The van der Waals surface area contributed by atoms with Gasteiger partial charge >= 0.3 is 12.1 Å². The van der Waals surface area contributed by atoms with E-state index in [9.17, 15) is 27.2 Å². The van der Waals surface area contributed by atoms with E-state index in [2.05, 4.69) is 20.0 Å². The second-order valence-corrected chi connectivity index (χ2v) is 6.60. The third-order valence-corrected chi connectivity index (χ3v) is 4.71. The molecule has 3 heterocycles. The summed E-state index contributed by atoms with van der Waals surface area (Å²) in [7, 11) is 0. The van der Waals surface area contributed by atoms with Crippen molar-refractivity contribution in [3.8, 4) is 17.1 Å². The molecule has 0 aliphatic carbocycles. The minimum absolute atomic E-state index is 0.0238. The van der Waals surface area contributed by atoms with Gasteiger partial charge in [0, 0.05) is 17.7 Å². The van der Waals surface area contributed by atoms with Crippen molar-refractivity contribution in [1.82, 2.24) is 20.4 Å². The predicted octanol–water partition coefficient (Wildman–Crippen LogP) is 1.75. The molecule has 0 spiro atoms. The first-order valence-electron chi connectivity index (χ1n) is 8.67. The van der Waals surface area contributed by atoms with Gasteiger partial charge in [0.2, 0.25) is 17.6 Å². The van der Waals surface area contributed by atoms with Gasteiger partial charge in [-0.15, -0.1) is 0 Å². The fourth-order valence-electron chi connectivity index (χ4n) is 3.25. The van der Waals surface area contributed by atoms with E-state index in [0.717, 1.165) is 6.07 Å². The Morgan fingerprint density at radius 3 is 2.76 bits per heavy atom. The summed E-state index contributed by atoms with van der Waals surface area (Å²) in [4.78, 5) is 29.0. The lowest BCUT2D eigenvalue weighted by Gasteiger charge is -2.22. The largest absolute Gasteiger partial charge is 0.491 e. The van der Waals surface area contributed by atoms with Crippen LogP contribution in [0, 0.1) is 11.7 Å². The summed E-state index contributed by atoms with van der Waals surface area (Å²) >= 11 is 0. The van der Waals surface area contributed by atoms with E-state index in [1.54, 1.807) is 0 Å². The van der Waals surface area contributed by atoms with Gasteiger partial charge in [0.15, 0.2) is 0 Å². The van der Waals surface area contributed by atoms with Gasteiger partial charge in [0.05, 0.1) is 13.1 Å². The first kappa shape index (κ1) is 19.2. The first-order chi connectivity index (χ1) is 13.7. The number of ether oxygens (including phenoxy) is 1. The van der Waals surface area contributed by atoms with Crippen molar-refractivity contribution in [3.05, 3.63) is 29.4 Å². The molecule has 0 radical (unpaired) electrons. The lowest BCUT2D eigenvalue weighted by atomic mass is 10.0. The third kappa shape index (κ3) is 3.61. The number of aromatic nitrogens is 2. The Balaban J connectivity index is 1.61. The van der Waals surface area contributed by atoms with Crippen molar-refractivity contribution in [3.63, 3.8) is 0 Å². The van der Waals surface area contributed by atoms with Crippen LogP contribution >= 0.6 is 0 Å². The van der Waals surface area contributed by atoms with Crippen LogP contribution in [0.2, 0.25) is 0 Å². The SMILES string of the molecule is O=C1NCCC1C(=O)N1CCOc2cc(-c3noc(C(F)(F)F)n3)cc(F)c2C1. The maximum Gasteiger partial charge on any atom is 0.471 e. The highest BCUT2D eigenvalue weighted by Crippen LogP contribution is 2.34. The zero-order valence-electron chi connectivity index (χ0n) is 14.8. The molecule has 154 valence electrons. The quantitative estimate of drug-likeness (QED) is 0.594. The van der Waals surface area contributed by atoms with Gasteiger partial charge in [0.1, 0.15) is 24.1 Å². The second-order valence-electron chi connectivity index (χ2n) is 6.60. The van der Waals surface area contributed by atoms with E-state index in [-0.39, 0.29) is 42.5 Å². The Bertz CT molecular complexity index is 975. The number of benzene rings is 1. The number of hydrogen-bond acceptors (Lipinski definition) is 6. The molecule has 1 aromatic carbocycles. The van der Waals surface area contributed by atoms with Crippen LogP contribution in [0.1, 0.15) is 17.9 Å². The van der Waals surface area contributed by atoms with Crippen LogP contribution in [0.3, 0.4) is 0 Å². The van der Waals surface area contributed by atoms with Gasteiger partial charge < -0.3 is 19.5 Å². The van der Waals surface area contributed by atoms with Gasteiger partial charge in [0.25, 0.3) is 0 Å². The van der Waals surface area contributed by atoms with Crippen molar-refractivity contribution < 1.29 is 36.4 Å². The molecule has 2 aromatic rings. The number of amides is 2. The van der Waals surface area contributed by atoms with Crippen LogP contribution in [-0.4, -0.2) is 46.6 Å². The van der Waals surface area contributed by atoms with Crippen molar-refractivity contribution in [2.45, 2.75) is 19.1 Å². The molecule has 4 rings (SSSR count). The van der Waals surface area contributed by atoms with Crippen LogP contribution in [-0.2, 0) is 22.3 Å². The highest BCUT2D eigenvalue weighted by atomic mass is 19.4. The molecule has 0 saturated carbocycles. The average molecular weight is 414 g/mol.